The van der Waals surface area contributed by atoms with E-state index in [1.54, 1.807) is 0 Å². The number of hydrogen-bond acceptors (Lipinski definition) is 4. The van der Waals surface area contributed by atoms with Gasteiger partial charge in [-0.15, -0.1) is 11.3 Å². The van der Waals surface area contributed by atoms with Crippen LogP contribution in [0.1, 0.15) is 25.0 Å². The molecule has 65 heavy (non-hydrogen) atoms. The van der Waals surface area contributed by atoms with Crippen molar-refractivity contribution in [3.63, 3.8) is 0 Å². The van der Waals surface area contributed by atoms with Crippen molar-refractivity contribution in [3.8, 4) is 33.4 Å². The lowest BCUT2D eigenvalue weighted by molar-refractivity contribution is 0.660. The van der Waals surface area contributed by atoms with Gasteiger partial charge in [0.15, 0.2) is 0 Å². The Hall–Kier alpha value is -7.92. The molecule has 3 nitrogen and oxygen atoms in total. The van der Waals surface area contributed by atoms with E-state index in [1.165, 1.54) is 64.3 Å². The second kappa shape index (κ2) is 13.5. The average molecular weight is 850 g/mol. The van der Waals surface area contributed by atoms with Crippen LogP contribution in [-0.4, -0.2) is 0 Å². The van der Waals surface area contributed by atoms with E-state index in [9.17, 15) is 0 Å². The first-order valence-electron chi connectivity index (χ1n) is 22.3. The number of hydrogen-bond donors (Lipinski definition) is 0. The average Bonchev–Trinajstić information content (AvgIpc) is 4.09. The molecule has 10 aromatic carbocycles. The van der Waals surface area contributed by atoms with Gasteiger partial charge in [0.25, 0.3) is 0 Å². The monoisotopic (exact) mass is 849 g/mol. The zero-order valence-corrected chi connectivity index (χ0v) is 36.5. The molecule has 0 radical (unpaired) electrons. The number of thiophene rings is 1. The SMILES string of the molecule is CC1(C)c2ccccc2-c2ccc(N(c3ccc(-c4cccc5c4sc4ccccc45)cc3)c3ccc4c(c3)oc3c(-c5cccc6ccccc56)c5c(cc34)oc3ccccc35)cc21. The third-order valence-electron chi connectivity index (χ3n) is 14.1. The Bertz CT molecular complexity index is 4100. The minimum Gasteiger partial charge on any atom is -0.456 e. The van der Waals surface area contributed by atoms with E-state index in [-0.39, 0.29) is 5.41 Å². The van der Waals surface area contributed by atoms with Gasteiger partial charge in [0.1, 0.15) is 22.3 Å². The fourth-order valence-electron chi connectivity index (χ4n) is 11.0. The normalized spacial score (nSPS) is 13.2. The van der Waals surface area contributed by atoms with Gasteiger partial charge in [-0.3, -0.25) is 0 Å². The van der Waals surface area contributed by atoms with Crippen molar-refractivity contribution < 1.29 is 8.83 Å². The number of furan rings is 2. The van der Waals surface area contributed by atoms with E-state index in [1.807, 2.05) is 17.4 Å². The minimum absolute atomic E-state index is 0.151. The maximum Gasteiger partial charge on any atom is 0.144 e. The lowest BCUT2D eigenvalue weighted by Gasteiger charge is -2.28. The van der Waals surface area contributed by atoms with E-state index in [2.05, 4.69) is 213 Å². The summed E-state index contributed by atoms with van der Waals surface area (Å²) in [6.07, 6.45) is 0. The van der Waals surface area contributed by atoms with Crippen molar-refractivity contribution in [3.05, 3.63) is 211 Å². The van der Waals surface area contributed by atoms with Crippen LogP contribution in [-0.2, 0) is 5.41 Å². The van der Waals surface area contributed by atoms with Crippen LogP contribution in [0.2, 0.25) is 0 Å². The van der Waals surface area contributed by atoms with Crippen LogP contribution < -0.4 is 4.90 Å². The van der Waals surface area contributed by atoms with Crippen molar-refractivity contribution >= 4 is 103 Å². The highest BCUT2D eigenvalue weighted by atomic mass is 32.1. The maximum atomic E-state index is 7.20. The molecule has 0 amide bonds. The highest BCUT2D eigenvalue weighted by molar-refractivity contribution is 7.26. The van der Waals surface area contributed by atoms with Gasteiger partial charge in [0.2, 0.25) is 0 Å². The first-order chi connectivity index (χ1) is 32.0. The van der Waals surface area contributed by atoms with Crippen LogP contribution in [0, 0.1) is 0 Å². The van der Waals surface area contributed by atoms with Crippen molar-refractivity contribution in [1.82, 2.24) is 0 Å². The summed E-state index contributed by atoms with van der Waals surface area (Å²) in [4.78, 5) is 2.39. The Kier molecular flexibility index (Phi) is 7.62. The predicted molar refractivity (Wildman–Crippen MR) is 275 cm³/mol. The highest BCUT2D eigenvalue weighted by Crippen LogP contribution is 2.52. The molecule has 14 rings (SSSR count). The summed E-state index contributed by atoms with van der Waals surface area (Å²) in [7, 11) is 0. The lowest BCUT2D eigenvalue weighted by atomic mass is 9.82. The molecule has 0 fully saturated rings. The van der Waals surface area contributed by atoms with Gasteiger partial charge in [-0.1, -0.05) is 153 Å². The molecule has 306 valence electrons. The fourth-order valence-corrected chi connectivity index (χ4v) is 12.2. The van der Waals surface area contributed by atoms with E-state index >= 15 is 0 Å². The Morgan fingerprint density at radius 2 is 1.08 bits per heavy atom. The molecule has 0 saturated heterocycles. The van der Waals surface area contributed by atoms with Gasteiger partial charge in [-0.05, 0) is 104 Å². The molecular weight excluding hydrogens is 811 g/mol. The summed E-state index contributed by atoms with van der Waals surface area (Å²) in [5, 5.41) is 9.20. The van der Waals surface area contributed by atoms with Crippen molar-refractivity contribution in [2.75, 3.05) is 4.90 Å². The molecular formula is C61H39NO2S. The van der Waals surface area contributed by atoms with Crippen molar-refractivity contribution in [1.29, 1.82) is 0 Å². The number of fused-ring (bicyclic) bond motifs is 13. The molecule has 1 aliphatic carbocycles. The molecule has 3 heterocycles. The second-order valence-electron chi connectivity index (χ2n) is 18.0. The summed E-state index contributed by atoms with van der Waals surface area (Å²) in [5.74, 6) is 0. The van der Waals surface area contributed by atoms with Crippen molar-refractivity contribution in [2.24, 2.45) is 0 Å². The lowest BCUT2D eigenvalue weighted by Crippen LogP contribution is -2.16. The fraction of sp³-hybridized carbons (Fsp3) is 0.0492. The molecule has 0 atom stereocenters. The summed E-state index contributed by atoms with van der Waals surface area (Å²) >= 11 is 1.87. The Morgan fingerprint density at radius 3 is 1.98 bits per heavy atom. The molecule has 0 unspecified atom stereocenters. The number of rotatable bonds is 5. The van der Waals surface area contributed by atoms with Gasteiger partial charge in [0.05, 0.1) is 0 Å². The van der Waals surface area contributed by atoms with Crippen LogP contribution in [0.25, 0.3) is 108 Å². The predicted octanol–water partition coefficient (Wildman–Crippen LogP) is 18.1. The summed E-state index contributed by atoms with van der Waals surface area (Å²) < 4.78 is 16.5. The van der Waals surface area contributed by atoms with E-state index in [0.29, 0.717) is 0 Å². The van der Waals surface area contributed by atoms with Gasteiger partial charge in [-0.25, -0.2) is 0 Å². The van der Waals surface area contributed by atoms with E-state index in [4.69, 9.17) is 8.83 Å². The van der Waals surface area contributed by atoms with Crippen LogP contribution in [0.4, 0.5) is 17.1 Å². The Morgan fingerprint density at radius 1 is 0.415 bits per heavy atom. The summed E-state index contributed by atoms with van der Waals surface area (Å²) in [5.41, 5.74) is 16.4. The van der Waals surface area contributed by atoms with Gasteiger partial charge in [0, 0.05) is 75.8 Å². The molecule has 4 heteroatoms. The van der Waals surface area contributed by atoms with Crippen LogP contribution in [0.15, 0.2) is 209 Å². The number of nitrogens with zero attached hydrogens (tertiary/aromatic N) is 1. The minimum atomic E-state index is -0.151. The first-order valence-corrected chi connectivity index (χ1v) is 23.1. The Balaban J connectivity index is 0.978. The Labute approximate surface area is 379 Å². The smallest absolute Gasteiger partial charge is 0.144 e. The topological polar surface area (TPSA) is 29.5 Å². The molecule has 0 spiro atoms. The molecule has 0 bridgehead atoms. The number of para-hydroxylation sites is 1. The standard InChI is InChI=1S/C61H39NO2S/c1-61(2)51-22-8-5-16-43(51)44-31-29-39(33-52(44)61)62(38-27-25-37(26-28-38)42-19-12-21-48-46-17-7-10-24-56(46)65-60(42)48)40-30-32-45-50-35-55-57(49-18-6-9-23-53(49)63-55)58(59(50)64-54(45)34-40)47-20-11-14-36-13-3-4-15-41(36)47/h3-35H,1-2H3. The van der Waals surface area contributed by atoms with Crippen LogP contribution in [0.5, 0.6) is 0 Å². The maximum absolute atomic E-state index is 7.20. The number of anilines is 3. The number of benzene rings is 10. The second-order valence-corrected chi connectivity index (χ2v) is 19.0. The largest absolute Gasteiger partial charge is 0.456 e. The zero-order chi connectivity index (χ0) is 43.0. The van der Waals surface area contributed by atoms with E-state index in [0.717, 1.165) is 72.1 Å². The first kappa shape index (κ1) is 36.6. The molecule has 0 aliphatic heterocycles. The van der Waals surface area contributed by atoms with Crippen molar-refractivity contribution in [2.45, 2.75) is 19.3 Å². The van der Waals surface area contributed by atoms with Crippen LogP contribution in [0.3, 0.4) is 0 Å². The van der Waals surface area contributed by atoms with Gasteiger partial charge in [-0.2, -0.15) is 0 Å². The third kappa shape index (κ3) is 5.29. The third-order valence-corrected chi connectivity index (χ3v) is 15.3. The van der Waals surface area contributed by atoms with Gasteiger partial charge >= 0.3 is 0 Å². The van der Waals surface area contributed by atoms with Crippen LogP contribution >= 0.6 is 11.3 Å². The molecule has 0 saturated carbocycles. The molecule has 3 aromatic heterocycles. The van der Waals surface area contributed by atoms with E-state index < -0.39 is 0 Å². The molecule has 13 aromatic rings. The summed E-state index contributed by atoms with van der Waals surface area (Å²) in [6, 6.07) is 72.8. The quantitative estimate of drug-likeness (QED) is 0.173. The summed E-state index contributed by atoms with van der Waals surface area (Å²) in [6.45, 7) is 4.70. The highest BCUT2D eigenvalue weighted by Gasteiger charge is 2.36. The molecule has 1 aliphatic rings. The molecule has 0 N–H and O–H groups in total. The zero-order valence-electron chi connectivity index (χ0n) is 35.7. The van der Waals surface area contributed by atoms with Gasteiger partial charge < -0.3 is 13.7 Å².